The van der Waals surface area contributed by atoms with Crippen molar-refractivity contribution in [3.63, 3.8) is 0 Å². The lowest BCUT2D eigenvalue weighted by Gasteiger charge is -2.12. The number of carbonyl (C=O) groups is 1. The first kappa shape index (κ1) is 12.6. The van der Waals surface area contributed by atoms with Crippen molar-refractivity contribution in [1.29, 1.82) is 0 Å². The molecular weight excluding hydrogens is 252 g/mol. The largest absolute Gasteiger partial charge is 0.366 e. The zero-order chi connectivity index (χ0) is 14.3. The number of fused-ring (bicyclic) bond motifs is 1. The molecule has 3 heterocycles. The first-order valence-corrected chi connectivity index (χ1v) is 6.54. The maximum absolute atomic E-state index is 11.5. The van der Waals surface area contributed by atoms with Crippen LogP contribution in [0.15, 0.2) is 24.4 Å². The number of likely N-dealkylation sites (N-methyl/N-ethyl adjacent to an activating group) is 1. The van der Waals surface area contributed by atoms with Gasteiger partial charge in [0.2, 0.25) is 0 Å². The average molecular weight is 268 g/mol. The quantitative estimate of drug-likeness (QED) is 0.896. The summed E-state index contributed by atoms with van der Waals surface area (Å²) in [7, 11) is 2.03. The van der Waals surface area contributed by atoms with Crippen LogP contribution in [0, 0.1) is 6.92 Å². The van der Waals surface area contributed by atoms with Gasteiger partial charge in [0.25, 0.3) is 5.91 Å². The Morgan fingerprint density at radius 1 is 1.40 bits per heavy atom. The Balaban J connectivity index is 2.14. The fraction of sp³-hybridized carbons (Fsp3) is 0.267. The molecular formula is C15H16N4O. The Bertz CT molecular complexity index is 696. The molecule has 20 heavy (non-hydrogen) atoms. The summed E-state index contributed by atoms with van der Waals surface area (Å²) in [5, 5.41) is 0. The van der Waals surface area contributed by atoms with Gasteiger partial charge in [0.15, 0.2) is 0 Å². The first-order valence-electron chi connectivity index (χ1n) is 6.54. The molecule has 102 valence electrons. The summed E-state index contributed by atoms with van der Waals surface area (Å²) >= 11 is 0. The highest BCUT2D eigenvalue weighted by Gasteiger charge is 2.19. The Kier molecular flexibility index (Phi) is 2.89. The molecule has 0 aromatic carbocycles. The van der Waals surface area contributed by atoms with Crippen molar-refractivity contribution >= 4 is 11.7 Å². The van der Waals surface area contributed by atoms with Gasteiger partial charge in [0.05, 0.1) is 11.3 Å². The van der Waals surface area contributed by atoms with Crippen LogP contribution < -0.4 is 10.6 Å². The number of amides is 1. The van der Waals surface area contributed by atoms with Gasteiger partial charge in [-0.25, -0.2) is 4.98 Å². The lowest BCUT2D eigenvalue weighted by molar-refractivity contribution is 0.100. The van der Waals surface area contributed by atoms with E-state index in [0.29, 0.717) is 11.3 Å². The van der Waals surface area contributed by atoms with E-state index in [4.69, 9.17) is 5.73 Å². The number of aromatic nitrogens is 2. The summed E-state index contributed by atoms with van der Waals surface area (Å²) in [4.78, 5) is 22.6. The number of primary amides is 1. The molecule has 1 amide bonds. The maximum atomic E-state index is 11.5. The van der Waals surface area contributed by atoms with Crippen LogP contribution in [0.3, 0.4) is 0 Å². The second-order valence-electron chi connectivity index (χ2n) is 5.09. The number of pyridine rings is 2. The molecule has 0 fully saturated rings. The monoisotopic (exact) mass is 268 g/mol. The standard InChI is InChI=1S/C15H16N4O/c1-9-3-4-12(14(16)20)13(18-9)11-7-10-5-6-19(2)15(10)17-8-11/h3-4,7-8H,5-6H2,1-2H3,(H2,16,20). The smallest absolute Gasteiger partial charge is 0.250 e. The Hall–Kier alpha value is -2.43. The van der Waals surface area contributed by atoms with E-state index in [2.05, 4.69) is 20.9 Å². The van der Waals surface area contributed by atoms with E-state index in [0.717, 1.165) is 30.0 Å². The average Bonchev–Trinajstić information content (AvgIpc) is 2.79. The third kappa shape index (κ3) is 2.01. The minimum Gasteiger partial charge on any atom is -0.366 e. The summed E-state index contributed by atoms with van der Waals surface area (Å²) in [5.74, 6) is 0.534. The molecule has 3 rings (SSSR count). The van der Waals surface area contributed by atoms with Gasteiger partial charge >= 0.3 is 0 Å². The van der Waals surface area contributed by atoms with Crippen LogP contribution in [0.1, 0.15) is 21.6 Å². The van der Waals surface area contributed by atoms with Crippen LogP contribution in [0.2, 0.25) is 0 Å². The van der Waals surface area contributed by atoms with Crippen LogP contribution in [-0.4, -0.2) is 29.5 Å². The lowest BCUT2D eigenvalue weighted by atomic mass is 10.0. The SMILES string of the molecule is Cc1ccc(C(N)=O)c(-c2cnc3c(c2)CCN3C)n1. The normalized spacial score (nSPS) is 13.4. The molecule has 1 aliphatic heterocycles. The molecule has 0 unspecified atom stereocenters. The van der Waals surface area contributed by atoms with Crippen molar-refractivity contribution in [3.8, 4) is 11.3 Å². The van der Waals surface area contributed by atoms with Crippen molar-refractivity contribution in [1.82, 2.24) is 9.97 Å². The molecule has 0 aliphatic carbocycles. The second kappa shape index (κ2) is 4.59. The highest BCUT2D eigenvalue weighted by Crippen LogP contribution is 2.29. The van der Waals surface area contributed by atoms with Crippen molar-refractivity contribution in [2.75, 3.05) is 18.5 Å². The van der Waals surface area contributed by atoms with Gasteiger partial charge in [-0.2, -0.15) is 0 Å². The van der Waals surface area contributed by atoms with Gasteiger partial charge in [-0.3, -0.25) is 9.78 Å². The van der Waals surface area contributed by atoms with E-state index in [9.17, 15) is 4.79 Å². The van der Waals surface area contributed by atoms with Gasteiger partial charge in [-0.15, -0.1) is 0 Å². The number of nitrogens with zero attached hydrogens (tertiary/aromatic N) is 3. The predicted octanol–water partition coefficient (Wildman–Crippen LogP) is 1.54. The number of rotatable bonds is 2. The van der Waals surface area contributed by atoms with E-state index in [1.165, 1.54) is 5.56 Å². The van der Waals surface area contributed by atoms with E-state index < -0.39 is 5.91 Å². The molecule has 0 spiro atoms. The third-order valence-electron chi connectivity index (χ3n) is 3.59. The molecule has 0 atom stereocenters. The van der Waals surface area contributed by atoms with E-state index in [1.807, 2.05) is 14.0 Å². The molecule has 2 aromatic heterocycles. The Morgan fingerprint density at radius 2 is 2.20 bits per heavy atom. The first-order chi connectivity index (χ1) is 9.56. The highest BCUT2D eigenvalue weighted by molar-refractivity contribution is 5.98. The van der Waals surface area contributed by atoms with Crippen molar-refractivity contribution in [2.24, 2.45) is 5.73 Å². The van der Waals surface area contributed by atoms with Crippen LogP contribution in [0.5, 0.6) is 0 Å². The number of hydrogen-bond donors (Lipinski definition) is 1. The summed E-state index contributed by atoms with van der Waals surface area (Å²) in [5.41, 5.74) is 9.35. The van der Waals surface area contributed by atoms with Crippen LogP contribution in [0.4, 0.5) is 5.82 Å². The minimum atomic E-state index is -0.467. The van der Waals surface area contributed by atoms with Gasteiger partial charge < -0.3 is 10.6 Å². The van der Waals surface area contributed by atoms with Crippen LogP contribution in [-0.2, 0) is 6.42 Å². The van der Waals surface area contributed by atoms with Gasteiger partial charge in [0, 0.05) is 31.0 Å². The highest BCUT2D eigenvalue weighted by atomic mass is 16.1. The second-order valence-corrected chi connectivity index (χ2v) is 5.09. The molecule has 0 saturated heterocycles. The molecule has 0 saturated carbocycles. The lowest BCUT2D eigenvalue weighted by Crippen LogP contribution is -2.14. The van der Waals surface area contributed by atoms with Crippen LogP contribution in [0.25, 0.3) is 11.3 Å². The molecule has 5 nitrogen and oxygen atoms in total. The molecule has 5 heteroatoms. The molecule has 2 N–H and O–H groups in total. The minimum absolute atomic E-state index is 0.434. The van der Waals surface area contributed by atoms with E-state index >= 15 is 0 Å². The zero-order valence-corrected chi connectivity index (χ0v) is 11.6. The van der Waals surface area contributed by atoms with E-state index in [-0.39, 0.29) is 0 Å². The fourth-order valence-corrected chi connectivity index (χ4v) is 2.53. The van der Waals surface area contributed by atoms with Crippen molar-refractivity contribution in [3.05, 3.63) is 41.2 Å². The Labute approximate surface area is 117 Å². The number of nitrogens with two attached hydrogens (primary N) is 1. The third-order valence-corrected chi connectivity index (χ3v) is 3.59. The van der Waals surface area contributed by atoms with Crippen molar-refractivity contribution in [2.45, 2.75) is 13.3 Å². The van der Waals surface area contributed by atoms with Crippen LogP contribution >= 0.6 is 0 Å². The fourth-order valence-electron chi connectivity index (χ4n) is 2.53. The maximum Gasteiger partial charge on any atom is 0.250 e. The zero-order valence-electron chi connectivity index (χ0n) is 11.6. The van der Waals surface area contributed by atoms with Gasteiger partial charge in [-0.05, 0) is 37.1 Å². The molecule has 0 bridgehead atoms. The predicted molar refractivity (Wildman–Crippen MR) is 77.7 cm³/mol. The number of anilines is 1. The number of carbonyl (C=O) groups excluding carboxylic acids is 1. The summed E-state index contributed by atoms with van der Waals surface area (Å²) < 4.78 is 0. The van der Waals surface area contributed by atoms with Gasteiger partial charge in [0.1, 0.15) is 5.82 Å². The summed E-state index contributed by atoms with van der Waals surface area (Å²) in [6.45, 7) is 2.86. The topological polar surface area (TPSA) is 72.1 Å². The van der Waals surface area contributed by atoms with Gasteiger partial charge in [-0.1, -0.05) is 0 Å². The molecule has 0 radical (unpaired) electrons. The van der Waals surface area contributed by atoms with Crippen molar-refractivity contribution < 1.29 is 4.79 Å². The molecule has 1 aliphatic rings. The summed E-state index contributed by atoms with van der Waals surface area (Å²) in [6, 6.07) is 5.57. The molecule has 2 aromatic rings. The Morgan fingerprint density at radius 3 is 2.95 bits per heavy atom. The van der Waals surface area contributed by atoms with E-state index in [1.54, 1.807) is 18.3 Å². The number of aryl methyl sites for hydroxylation is 1. The summed E-state index contributed by atoms with van der Waals surface area (Å²) in [6.07, 6.45) is 2.72. The number of hydrogen-bond acceptors (Lipinski definition) is 4.